The van der Waals surface area contributed by atoms with Gasteiger partial charge >= 0.3 is 12.0 Å². The second-order valence-electron chi connectivity index (χ2n) is 4.97. The first-order chi connectivity index (χ1) is 9.56. The van der Waals surface area contributed by atoms with E-state index in [0.717, 1.165) is 12.8 Å². The lowest BCUT2D eigenvalue weighted by Crippen LogP contribution is -2.53. The molecule has 1 fully saturated rings. The summed E-state index contributed by atoms with van der Waals surface area (Å²) >= 11 is 0. The molecule has 20 heavy (non-hydrogen) atoms. The first kappa shape index (κ1) is 14.3. The molecule has 2 amide bonds. The van der Waals surface area contributed by atoms with E-state index >= 15 is 0 Å². The Morgan fingerprint density at radius 2 is 2.45 bits per heavy atom. The zero-order chi connectivity index (χ0) is 14.5. The van der Waals surface area contributed by atoms with Gasteiger partial charge in [-0.2, -0.15) is 0 Å². The molecule has 1 aliphatic heterocycles. The highest BCUT2D eigenvalue weighted by Gasteiger charge is 2.26. The zero-order valence-corrected chi connectivity index (χ0v) is 11.1. The van der Waals surface area contributed by atoms with Gasteiger partial charge in [-0.25, -0.2) is 14.6 Å². The minimum Gasteiger partial charge on any atom is -0.480 e. The normalized spacial score (nSPS) is 20.4. The number of piperidine rings is 1. The number of nitrogens with two attached hydrogens (primary N) is 1. The summed E-state index contributed by atoms with van der Waals surface area (Å²) in [6, 6.07) is -1.40. The Kier molecular flexibility index (Phi) is 4.57. The molecule has 0 bridgehead atoms. The molecule has 1 aromatic heterocycles. The fourth-order valence-corrected chi connectivity index (χ4v) is 2.25. The summed E-state index contributed by atoms with van der Waals surface area (Å²) in [6.07, 6.45) is 4.91. The molecule has 5 N–H and O–H groups in total. The van der Waals surface area contributed by atoms with E-state index < -0.39 is 12.0 Å². The maximum absolute atomic E-state index is 12.1. The number of carbonyl (C=O) groups is 2. The van der Waals surface area contributed by atoms with Gasteiger partial charge in [0.1, 0.15) is 6.04 Å². The average Bonchev–Trinajstić information content (AvgIpc) is 2.90. The van der Waals surface area contributed by atoms with E-state index in [9.17, 15) is 14.7 Å². The number of aromatic nitrogens is 2. The summed E-state index contributed by atoms with van der Waals surface area (Å²) in [5.41, 5.74) is 6.47. The summed E-state index contributed by atoms with van der Waals surface area (Å²) in [6.45, 7) is 1.07. The molecule has 0 saturated carbocycles. The molecule has 110 valence electrons. The monoisotopic (exact) mass is 281 g/mol. The fraction of sp³-hybridized carbons (Fsp3) is 0.583. The van der Waals surface area contributed by atoms with Crippen molar-refractivity contribution in [3.63, 3.8) is 0 Å². The van der Waals surface area contributed by atoms with Crippen molar-refractivity contribution in [2.45, 2.75) is 31.3 Å². The fourth-order valence-electron chi connectivity index (χ4n) is 2.25. The lowest BCUT2D eigenvalue weighted by Gasteiger charge is -2.31. The molecule has 1 aromatic rings. The lowest BCUT2D eigenvalue weighted by atomic mass is 10.1. The quantitative estimate of drug-likeness (QED) is 0.594. The second-order valence-corrected chi connectivity index (χ2v) is 4.97. The SMILES string of the molecule is NC1CCCN(C(=O)N[C@@H](Cc2cnc[nH]2)C(=O)O)C1. The second kappa shape index (κ2) is 6.38. The Morgan fingerprint density at radius 1 is 1.65 bits per heavy atom. The van der Waals surface area contributed by atoms with E-state index in [-0.39, 0.29) is 18.5 Å². The van der Waals surface area contributed by atoms with Crippen LogP contribution in [0.1, 0.15) is 18.5 Å². The number of aromatic amines is 1. The summed E-state index contributed by atoms with van der Waals surface area (Å²) in [4.78, 5) is 31.5. The Labute approximate surface area is 116 Å². The molecular formula is C12H19N5O3. The number of nitrogens with zero attached hydrogens (tertiary/aromatic N) is 2. The smallest absolute Gasteiger partial charge is 0.326 e. The van der Waals surface area contributed by atoms with Gasteiger partial charge in [-0.05, 0) is 12.8 Å². The number of hydrogen-bond donors (Lipinski definition) is 4. The third kappa shape index (κ3) is 3.70. The molecule has 8 heteroatoms. The van der Waals surface area contributed by atoms with Gasteiger partial charge < -0.3 is 26.0 Å². The lowest BCUT2D eigenvalue weighted by molar-refractivity contribution is -0.139. The van der Waals surface area contributed by atoms with Crippen LogP contribution in [0, 0.1) is 0 Å². The molecule has 8 nitrogen and oxygen atoms in total. The van der Waals surface area contributed by atoms with Crippen molar-refractivity contribution in [2.75, 3.05) is 13.1 Å². The number of aliphatic carboxylic acids is 1. The average molecular weight is 281 g/mol. The van der Waals surface area contributed by atoms with Gasteiger partial charge in [0.15, 0.2) is 0 Å². The minimum absolute atomic E-state index is 0.0367. The molecule has 1 unspecified atom stereocenters. The van der Waals surface area contributed by atoms with Crippen LogP contribution in [0.5, 0.6) is 0 Å². The maximum atomic E-state index is 12.1. The number of rotatable bonds is 4. The summed E-state index contributed by atoms with van der Waals surface area (Å²) in [5.74, 6) is -1.07. The van der Waals surface area contributed by atoms with Crippen LogP contribution < -0.4 is 11.1 Å². The van der Waals surface area contributed by atoms with E-state index in [1.807, 2.05) is 0 Å². The Balaban J connectivity index is 1.93. The third-order valence-corrected chi connectivity index (χ3v) is 3.32. The first-order valence-electron chi connectivity index (χ1n) is 6.57. The number of amides is 2. The standard InChI is InChI=1S/C12H19N5O3/c13-8-2-1-3-17(6-8)12(20)16-10(11(18)19)4-9-5-14-7-15-9/h5,7-8,10H,1-4,6,13H2,(H,14,15)(H,16,20)(H,18,19)/t8?,10-/m0/s1. The van der Waals surface area contributed by atoms with Gasteiger partial charge in [-0.1, -0.05) is 0 Å². The van der Waals surface area contributed by atoms with Crippen LogP contribution in [0.2, 0.25) is 0 Å². The number of carbonyl (C=O) groups excluding carboxylic acids is 1. The van der Waals surface area contributed by atoms with E-state index in [2.05, 4.69) is 15.3 Å². The highest BCUT2D eigenvalue weighted by molar-refractivity contribution is 5.82. The van der Waals surface area contributed by atoms with Gasteiger partial charge in [-0.15, -0.1) is 0 Å². The minimum atomic E-state index is -1.07. The predicted octanol–water partition coefficient (Wildman–Crippen LogP) is -0.462. The van der Waals surface area contributed by atoms with Crippen molar-refractivity contribution in [3.8, 4) is 0 Å². The molecular weight excluding hydrogens is 262 g/mol. The van der Waals surface area contributed by atoms with Gasteiger partial charge in [0.2, 0.25) is 0 Å². The number of H-pyrrole nitrogens is 1. The number of nitrogens with one attached hydrogen (secondary N) is 2. The van der Waals surface area contributed by atoms with Gasteiger partial charge in [0.05, 0.1) is 6.33 Å². The summed E-state index contributed by atoms with van der Waals surface area (Å²) in [5, 5.41) is 11.7. The number of urea groups is 1. The highest BCUT2D eigenvalue weighted by atomic mass is 16.4. The predicted molar refractivity (Wildman–Crippen MR) is 71.0 cm³/mol. The van der Waals surface area contributed by atoms with Crippen LogP contribution in [0.3, 0.4) is 0 Å². The van der Waals surface area contributed by atoms with Crippen molar-refractivity contribution in [1.82, 2.24) is 20.2 Å². The summed E-state index contributed by atoms with van der Waals surface area (Å²) in [7, 11) is 0. The molecule has 0 aliphatic carbocycles. The van der Waals surface area contributed by atoms with Crippen molar-refractivity contribution < 1.29 is 14.7 Å². The van der Waals surface area contributed by atoms with Crippen molar-refractivity contribution in [2.24, 2.45) is 5.73 Å². The van der Waals surface area contributed by atoms with E-state index in [1.54, 1.807) is 11.1 Å². The molecule has 2 atom stereocenters. The number of hydrogen-bond acceptors (Lipinski definition) is 4. The summed E-state index contributed by atoms with van der Waals surface area (Å²) < 4.78 is 0. The van der Waals surface area contributed by atoms with Crippen molar-refractivity contribution >= 4 is 12.0 Å². The molecule has 1 aliphatic rings. The topological polar surface area (TPSA) is 124 Å². The maximum Gasteiger partial charge on any atom is 0.326 e. The largest absolute Gasteiger partial charge is 0.480 e. The Morgan fingerprint density at radius 3 is 3.05 bits per heavy atom. The number of imidazole rings is 1. The van der Waals surface area contributed by atoms with Crippen LogP contribution >= 0.6 is 0 Å². The highest BCUT2D eigenvalue weighted by Crippen LogP contribution is 2.09. The molecule has 0 aromatic carbocycles. The number of likely N-dealkylation sites (tertiary alicyclic amines) is 1. The molecule has 2 heterocycles. The van der Waals surface area contributed by atoms with Crippen LogP contribution in [-0.2, 0) is 11.2 Å². The van der Waals surface area contributed by atoms with E-state index in [4.69, 9.17) is 5.73 Å². The first-order valence-corrected chi connectivity index (χ1v) is 6.57. The van der Waals surface area contributed by atoms with Gasteiger partial charge in [-0.3, -0.25) is 0 Å². The van der Waals surface area contributed by atoms with E-state index in [1.165, 1.54) is 6.33 Å². The Bertz CT molecular complexity index is 462. The molecule has 0 radical (unpaired) electrons. The van der Waals surface area contributed by atoms with Crippen LogP contribution in [-0.4, -0.2) is 57.1 Å². The number of carboxylic acid groups (broad SMARTS) is 1. The molecule has 1 saturated heterocycles. The zero-order valence-electron chi connectivity index (χ0n) is 11.1. The molecule has 2 rings (SSSR count). The number of carboxylic acids is 1. The van der Waals surface area contributed by atoms with Gasteiger partial charge in [0.25, 0.3) is 0 Å². The van der Waals surface area contributed by atoms with Crippen molar-refractivity contribution in [3.05, 3.63) is 18.2 Å². The van der Waals surface area contributed by atoms with Gasteiger partial charge in [0, 0.05) is 37.4 Å². The van der Waals surface area contributed by atoms with Crippen LogP contribution in [0.25, 0.3) is 0 Å². The van der Waals surface area contributed by atoms with Crippen LogP contribution in [0.4, 0.5) is 4.79 Å². The third-order valence-electron chi connectivity index (χ3n) is 3.32. The Hall–Kier alpha value is -2.09. The van der Waals surface area contributed by atoms with Crippen LogP contribution in [0.15, 0.2) is 12.5 Å². The molecule has 0 spiro atoms. The van der Waals surface area contributed by atoms with E-state index in [0.29, 0.717) is 18.8 Å². The van der Waals surface area contributed by atoms with Crippen molar-refractivity contribution in [1.29, 1.82) is 0 Å².